The van der Waals surface area contributed by atoms with Crippen molar-refractivity contribution >= 4 is 12.2 Å². The number of hydrogen-bond acceptors (Lipinski definition) is 5. The highest BCUT2D eigenvalue weighted by molar-refractivity contribution is 5.84. The molecule has 1 radical (unpaired) electrons. The number of nitrogens with zero attached hydrogens (tertiary/aromatic N) is 1. The van der Waals surface area contributed by atoms with Gasteiger partial charge in [0.1, 0.15) is 5.75 Å². The number of ether oxygens (including phenoxy) is 1. The first-order valence-corrected chi connectivity index (χ1v) is 7.16. The number of hydrogen-bond donors (Lipinski definition) is 3. The molecule has 0 bridgehead atoms. The average molecular weight is 315 g/mol. The molecule has 0 saturated carbocycles. The van der Waals surface area contributed by atoms with Crippen molar-refractivity contribution in [3.8, 4) is 5.75 Å². The number of carbonyl (C=O) groups is 1. The summed E-state index contributed by atoms with van der Waals surface area (Å²) in [6.07, 6.45) is 5.66. The first-order valence-electron chi connectivity index (χ1n) is 7.16. The van der Waals surface area contributed by atoms with E-state index in [0.29, 0.717) is 18.5 Å². The van der Waals surface area contributed by atoms with E-state index < -0.39 is 18.0 Å². The molecule has 0 aliphatic carbocycles. The van der Waals surface area contributed by atoms with Crippen molar-refractivity contribution in [2.45, 2.75) is 24.9 Å². The van der Waals surface area contributed by atoms with E-state index in [1.807, 2.05) is 18.4 Å². The van der Waals surface area contributed by atoms with Gasteiger partial charge in [0.2, 0.25) is 12.2 Å². The van der Waals surface area contributed by atoms with Gasteiger partial charge in [0.05, 0.1) is 31.2 Å². The number of H-pyrrole nitrogens is 1. The number of amides is 1. The van der Waals surface area contributed by atoms with Gasteiger partial charge in [0.15, 0.2) is 0 Å². The minimum Gasteiger partial charge on any atom is -0.497 e. The highest BCUT2D eigenvalue weighted by Crippen LogP contribution is 2.12. The standard InChI is InChI=1S/C16H19N4O3/c1-23-14-4-2-11(3-5-14)6-13(9-21)20-16(22)15(17)7-12-8-18-10-19-12/h2-5,8,10,13,15H,6-7,17H2,1H3,(H,18,19)(H,20,22)/t13-,15-/m0/s1. The summed E-state index contributed by atoms with van der Waals surface area (Å²) in [4.78, 5) is 30.0. The van der Waals surface area contributed by atoms with Gasteiger partial charge in [-0.3, -0.25) is 9.59 Å². The molecule has 0 spiro atoms. The van der Waals surface area contributed by atoms with E-state index in [4.69, 9.17) is 10.5 Å². The van der Waals surface area contributed by atoms with E-state index >= 15 is 0 Å². The molecule has 2 atom stereocenters. The average Bonchev–Trinajstić information content (AvgIpc) is 3.07. The number of benzene rings is 1. The molecule has 7 nitrogen and oxygen atoms in total. The van der Waals surface area contributed by atoms with Crippen molar-refractivity contribution in [1.29, 1.82) is 0 Å². The van der Waals surface area contributed by atoms with Crippen LogP contribution < -0.4 is 15.8 Å². The SMILES string of the molecule is COc1ccc(C[C@@H]([C]=O)NC(=O)[C@@H](N)Cc2c[nH]cn2)cc1. The fraction of sp³-hybridized carbons (Fsp3) is 0.312. The number of carbonyl (C=O) groups excluding carboxylic acids is 2. The quantitative estimate of drug-likeness (QED) is 0.641. The lowest BCUT2D eigenvalue weighted by molar-refractivity contribution is -0.122. The lowest BCUT2D eigenvalue weighted by Gasteiger charge is -2.16. The molecule has 0 aliphatic heterocycles. The largest absolute Gasteiger partial charge is 0.497 e. The Morgan fingerprint density at radius 2 is 2.13 bits per heavy atom. The number of methoxy groups -OCH3 is 1. The van der Waals surface area contributed by atoms with Crippen molar-refractivity contribution < 1.29 is 14.3 Å². The Labute approximate surface area is 134 Å². The molecule has 0 saturated heterocycles. The van der Waals surface area contributed by atoms with Crippen LogP contribution >= 0.6 is 0 Å². The van der Waals surface area contributed by atoms with Crippen molar-refractivity contribution in [3.05, 3.63) is 48.0 Å². The summed E-state index contributed by atoms with van der Waals surface area (Å²) in [6.45, 7) is 0. The summed E-state index contributed by atoms with van der Waals surface area (Å²) in [5.74, 6) is 0.320. The van der Waals surface area contributed by atoms with Gasteiger partial charge in [-0.2, -0.15) is 0 Å². The van der Waals surface area contributed by atoms with Crippen LogP contribution in [-0.2, 0) is 22.4 Å². The third kappa shape index (κ3) is 4.93. The molecular formula is C16H19N4O3. The lowest BCUT2D eigenvalue weighted by atomic mass is 10.1. The maximum Gasteiger partial charge on any atom is 0.237 e. The second-order valence-electron chi connectivity index (χ2n) is 5.10. The summed E-state index contributed by atoms with van der Waals surface area (Å²) < 4.78 is 5.07. The van der Waals surface area contributed by atoms with Crippen LogP contribution in [0, 0.1) is 0 Å². The zero-order valence-electron chi connectivity index (χ0n) is 12.8. The Kier molecular flexibility index (Phi) is 5.87. The third-order valence-corrected chi connectivity index (χ3v) is 3.38. The van der Waals surface area contributed by atoms with Gasteiger partial charge < -0.3 is 20.8 Å². The summed E-state index contributed by atoms with van der Waals surface area (Å²) in [6, 6.07) is 5.73. The predicted octanol–water partition coefficient (Wildman–Crippen LogP) is 0.125. The first-order chi connectivity index (χ1) is 11.1. The van der Waals surface area contributed by atoms with Gasteiger partial charge in [0.25, 0.3) is 0 Å². The monoisotopic (exact) mass is 315 g/mol. The maximum absolute atomic E-state index is 12.1. The van der Waals surface area contributed by atoms with Crippen molar-refractivity contribution in [3.63, 3.8) is 0 Å². The van der Waals surface area contributed by atoms with E-state index in [9.17, 15) is 9.59 Å². The van der Waals surface area contributed by atoms with Gasteiger partial charge in [0, 0.05) is 19.0 Å². The highest BCUT2D eigenvalue weighted by Gasteiger charge is 2.19. The Morgan fingerprint density at radius 1 is 1.39 bits per heavy atom. The van der Waals surface area contributed by atoms with Crippen LogP contribution in [0.2, 0.25) is 0 Å². The molecule has 2 rings (SSSR count). The zero-order chi connectivity index (χ0) is 16.7. The molecule has 0 fully saturated rings. The Morgan fingerprint density at radius 3 is 2.70 bits per heavy atom. The smallest absolute Gasteiger partial charge is 0.237 e. The summed E-state index contributed by atoms with van der Waals surface area (Å²) in [7, 11) is 1.58. The Hall–Kier alpha value is -2.67. The molecule has 1 heterocycles. The van der Waals surface area contributed by atoms with Crippen LogP contribution in [0.3, 0.4) is 0 Å². The van der Waals surface area contributed by atoms with Crippen LogP contribution in [0.25, 0.3) is 0 Å². The van der Waals surface area contributed by atoms with Crippen molar-refractivity contribution in [2.75, 3.05) is 7.11 Å². The van der Waals surface area contributed by atoms with E-state index in [0.717, 1.165) is 11.3 Å². The van der Waals surface area contributed by atoms with E-state index in [-0.39, 0.29) is 0 Å². The number of nitrogens with one attached hydrogen (secondary N) is 2. The maximum atomic E-state index is 12.1. The van der Waals surface area contributed by atoms with E-state index in [1.54, 1.807) is 25.4 Å². The van der Waals surface area contributed by atoms with Crippen LogP contribution in [-0.4, -0.2) is 41.4 Å². The molecular weight excluding hydrogens is 296 g/mol. The number of aromatic nitrogens is 2. The lowest BCUT2D eigenvalue weighted by Crippen LogP contribution is -2.47. The summed E-state index contributed by atoms with van der Waals surface area (Å²) in [5, 5.41) is 2.60. The van der Waals surface area contributed by atoms with Crippen LogP contribution in [0.5, 0.6) is 5.75 Å². The number of rotatable bonds is 8. The van der Waals surface area contributed by atoms with Crippen molar-refractivity contribution in [1.82, 2.24) is 15.3 Å². The molecule has 4 N–H and O–H groups in total. The number of aromatic amines is 1. The fourth-order valence-electron chi connectivity index (χ4n) is 2.12. The molecule has 1 aromatic heterocycles. The van der Waals surface area contributed by atoms with Gasteiger partial charge in [-0.1, -0.05) is 12.1 Å². The van der Waals surface area contributed by atoms with Gasteiger partial charge in [-0.15, -0.1) is 0 Å². The Balaban J connectivity index is 1.89. The highest BCUT2D eigenvalue weighted by atomic mass is 16.5. The minimum absolute atomic E-state index is 0.295. The van der Waals surface area contributed by atoms with Crippen LogP contribution in [0.15, 0.2) is 36.8 Å². The Bertz CT molecular complexity index is 625. The molecule has 0 aliphatic rings. The molecule has 1 aromatic carbocycles. The predicted molar refractivity (Wildman–Crippen MR) is 84.6 cm³/mol. The normalized spacial score (nSPS) is 13.1. The zero-order valence-corrected chi connectivity index (χ0v) is 12.8. The van der Waals surface area contributed by atoms with Crippen molar-refractivity contribution in [2.24, 2.45) is 5.73 Å². The van der Waals surface area contributed by atoms with E-state index in [1.165, 1.54) is 6.33 Å². The molecule has 2 aromatic rings. The number of imidazole rings is 1. The second kappa shape index (κ2) is 8.09. The summed E-state index contributed by atoms with van der Waals surface area (Å²) in [5.41, 5.74) is 7.41. The molecule has 1 amide bonds. The molecule has 7 heteroatoms. The summed E-state index contributed by atoms with van der Waals surface area (Å²) >= 11 is 0. The fourth-order valence-corrected chi connectivity index (χ4v) is 2.12. The third-order valence-electron chi connectivity index (χ3n) is 3.38. The molecule has 0 unspecified atom stereocenters. The minimum atomic E-state index is -0.773. The van der Waals surface area contributed by atoms with Crippen LogP contribution in [0.1, 0.15) is 11.3 Å². The van der Waals surface area contributed by atoms with E-state index in [2.05, 4.69) is 15.3 Å². The topological polar surface area (TPSA) is 110 Å². The van der Waals surface area contributed by atoms with Gasteiger partial charge in [-0.05, 0) is 17.7 Å². The first kappa shape index (κ1) is 16.7. The molecule has 23 heavy (non-hydrogen) atoms. The van der Waals surface area contributed by atoms with Gasteiger partial charge >= 0.3 is 0 Å². The number of nitrogens with two attached hydrogens (primary N) is 1. The molecule has 121 valence electrons. The van der Waals surface area contributed by atoms with Crippen LogP contribution in [0.4, 0.5) is 0 Å². The second-order valence-corrected chi connectivity index (χ2v) is 5.10. The van der Waals surface area contributed by atoms with Gasteiger partial charge in [-0.25, -0.2) is 4.98 Å².